The number of anilines is 1. The SMILES string of the molecule is CNCCCN(CC=O)CC(=O)Nc1cc(C2CC2)nn1C1=CC=CCC=C1. The molecule has 0 spiro atoms. The van der Waals surface area contributed by atoms with Gasteiger partial charge in [0.25, 0.3) is 0 Å². The Morgan fingerprint density at radius 1 is 1.39 bits per heavy atom. The van der Waals surface area contributed by atoms with Crippen LogP contribution in [0.15, 0.2) is 36.4 Å². The first-order valence-electron chi connectivity index (χ1n) is 9.95. The monoisotopic (exact) mass is 383 g/mol. The lowest BCUT2D eigenvalue weighted by molar-refractivity contribution is -0.117. The second-order valence-electron chi connectivity index (χ2n) is 7.21. The average molecular weight is 383 g/mol. The van der Waals surface area contributed by atoms with Crippen LogP contribution in [0.4, 0.5) is 5.82 Å². The Balaban J connectivity index is 1.71. The second-order valence-corrected chi connectivity index (χ2v) is 7.21. The van der Waals surface area contributed by atoms with Crippen LogP contribution < -0.4 is 10.6 Å². The molecular formula is C21H29N5O2. The van der Waals surface area contributed by atoms with E-state index in [1.165, 1.54) is 0 Å². The van der Waals surface area contributed by atoms with E-state index in [1.807, 2.05) is 40.9 Å². The summed E-state index contributed by atoms with van der Waals surface area (Å²) in [6.07, 6.45) is 15.1. The highest BCUT2D eigenvalue weighted by Gasteiger charge is 2.28. The van der Waals surface area contributed by atoms with Crippen LogP contribution in [0.25, 0.3) is 5.70 Å². The molecule has 0 aliphatic heterocycles. The number of nitrogens with one attached hydrogen (secondary N) is 2. The van der Waals surface area contributed by atoms with Crippen molar-refractivity contribution in [1.29, 1.82) is 0 Å². The molecule has 0 aromatic carbocycles. The first-order chi connectivity index (χ1) is 13.7. The number of carbonyl (C=O) groups excluding carboxylic acids is 2. The normalized spacial score (nSPS) is 16.1. The molecule has 1 fully saturated rings. The zero-order chi connectivity index (χ0) is 19.8. The molecule has 7 nitrogen and oxygen atoms in total. The Morgan fingerprint density at radius 2 is 2.25 bits per heavy atom. The van der Waals surface area contributed by atoms with E-state index < -0.39 is 0 Å². The van der Waals surface area contributed by atoms with Gasteiger partial charge in [-0.05, 0) is 51.4 Å². The van der Waals surface area contributed by atoms with E-state index >= 15 is 0 Å². The van der Waals surface area contributed by atoms with Gasteiger partial charge in [-0.15, -0.1) is 0 Å². The van der Waals surface area contributed by atoms with E-state index in [4.69, 9.17) is 5.10 Å². The molecule has 7 heteroatoms. The molecule has 0 atom stereocenters. The minimum atomic E-state index is -0.136. The Kier molecular flexibility index (Phi) is 7.33. The van der Waals surface area contributed by atoms with E-state index in [0.717, 1.165) is 49.9 Å². The zero-order valence-electron chi connectivity index (χ0n) is 16.4. The minimum Gasteiger partial charge on any atom is -0.320 e. The zero-order valence-corrected chi connectivity index (χ0v) is 16.4. The number of allylic oxidation sites excluding steroid dienone is 6. The summed E-state index contributed by atoms with van der Waals surface area (Å²) in [6.45, 7) is 1.98. The van der Waals surface area contributed by atoms with E-state index in [9.17, 15) is 9.59 Å². The maximum Gasteiger partial charge on any atom is 0.239 e. The number of amides is 1. The van der Waals surface area contributed by atoms with Crippen molar-refractivity contribution in [2.24, 2.45) is 0 Å². The number of aromatic nitrogens is 2. The quantitative estimate of drug-likeness (QED) is 0.452. The largest absolute Gasteiger partial charge is 0.320 e. The molecule has 1 aromatic rings. The second kappa shape index (κ2) is 10.1. The maximum atomic E-state index is 12.7. The van der Waals surface area contributed by atoms with Gasteiger partial charge in [-0.3, -0.25) is 9.69 Å². The van der Waals surface area contributed by atoms with Gasteiger partial charge in [-0.2, -0.15) is 5.10 Å². The molecule has 28 heavy (non-hydrogen) atoms. The molecule has 3 rings (SSSR count). The van der Waals surface area contributed by atoms with Crippen molar-refractivity contribution in [2.45, 2.75) is 31.6 Å². The molecule has 0 saturated heterocycles. The molecule has 1 saturated carbocycles. The average Bonchev–Trinajstić information content (AvgIpc) is 3.48. The van der Waals surface area contributed by atoms with Gasteiger partial charge < -0.3 is 15.4 Å². The summed E-state index contributed by atoms with van der Waals surface area (Å²) in [5.41, 5.74) is 1.95. The summed E-state index contributed by atoms with van der Waals surface area (Å²) < 4.78 is 1.81. The Morgan fingerprint density at radius 3 is 3.00 bits per heavy atom. The van der Waals surface area contributed by atoms with Crippen molar-refractivity contribution in [3.8, 4) is 0 Å². The van der Waals surface area contributed by atoms with E-state index in [2.05, 4.69) is 22.8 Å². The number of hydrogen-bond donors (Lipinski definition) is 2. The fourth-order valence-corrected chi connectivity index (χ4v) is 3.18. The van der Waals surface area contributed by atoms with Gasteiger partial charge in [0.05, 0.1) is 24.5 Å². The highest BCUT2D eigenvalue weighted by Crippen LogP contribution is 2.40. The van der Waals surface area contributed by atoms with Gasteiger partial charge in [-0.1, -0.05) is 18.2 Å². The van der Waals surface area contributed by atoms with Crippen LogP contribution in [0.5, 0.6) is 0 Å². The molecule has 150 valence electrons. The van der Waals surface area contributed by atoms with Crippen molar-refractivity contribution < 1.29 is 9.59 Å². The Labute approximate surface area is 166 Å². The number of nitrogens with zero attached hydrogens (tertiary/aromatic N) is 3. The number of carbonyl (C=O) groups is 2. The molecule has 2 N–H and O–H groups in total. The summed E-state index contributed by atoms with van der Waals surface area (Å²) in [6, 6.07) is 1.98. The molecular weight excluding hydrogens is 354 g/mol. The third-order valence-corrected chi connectivity index (χ3v) is 4.80. The number of aldehydes is 1. The molecule has 0 radical (unpaired) electrons. The van der Waals surface area contributed by atoms with Crippen LogP contribution in [0, 0.1) is 0 Å². The van der Waals surface area contributed by atoms with Gasteiger partial charge in [0, 0.05) is 18.5 Å². The fraction of sp³-hybridized carbons (Fsp3) is 0.476. The van der Waals surface area contributed by atoms with Gasteiger partial charge in [-0.25, -0.2) is 4.68 Å². The van der Waals surface area contributed by atoms with E-state index in [0.29, 0.717) is 18.3 Å². The lowest BCUT2D eigenvalue weighted by atomic mass is 10.3. The fourth-order valence-electron chi connectivity index (χ4n) is 3.18. The van der Waals surface area contributed by atoms with Crippen molar-refractivity contribution in [3.63, 3.8) is 0 Å². The summed E-state index contributed by atoms with van der Waals surface area (Å²) >= 11 is 0. The minimum absolute atomic E-state index is 0.136. The number of hydrogen-bond acceptors (Lipinski definition) is 5. The summed E-state index contributed by atoms with van der Waals surface area (Å²) in [5, 5.41) is 10.8. The van der Waals surface area contributed by atoms with Gasteiger partial charge in [0.1, 0.15) is 12.1 Å². The lowest BCUT2D eigenvalue weighted by Crippen LogP contribution is -2.36. The van der Waals surface area contributed by atoms with Crippen molar-refractivity contribution in [1.82, 2.24) is 20.0 Å². The molecule has 1 amide bonds. The predicted molar refractivity (Wildman–Crippen MR) is 111 cm³/mol. The highest BCUT2D eigenvalue weighted by atomic mass is 16.2. The molecule has 2 aliphatic carbocycles. The smallest absolute Gasteiger partial charge is 0.239 e. The van der Waals surface area contributed by atoms with Crippen molar-refractivity contribution in [2.75, 3.05) is 38.5 Å². The standard InChI is InChI=1S/C21H29N5O2/c1-22-11-6-12-25(13-14-27)16-21(28)23-20-15-19(17-9-10-17)24-26(20)18-7-4-2-3-5-8-18/h2,4-5,7-8,14-15,17,22H,3,6,9-13,16H2,1H3,(H,23,28). The van der Waals surface area contributed by atoms with Crippen LogP contribution in [0.2, 0.25) is 0 Å². The first kappa shape index (κ1) is 20.2. The molecule has 0 bridgehead atoms. The highest BCUT2D eigenvalue weighted by molar-refractivity contribution is 5.92. The summed E-state index contributed by atoms with van der Waals surface area (Å²) in [5.74, 6) is 1.04. The lowest BCUT2D eigenvalue weighted by Gasteiger charge is -2.19. The Bertz CT molecular complexity index is 774. The van der Waals surface area contributed by atoms with Crippen LogP contribution in [-0.2, 0) is 9.59 Å². The van der Waals surface area contributed by atoms with E-state index in [1.54, 1.807) is 0 Å². The van der Waals surface area contributed by atoms with Gasteiger partial charge >= 0.3 is 0 Å². The number of rotatable bonds is 11. The van der Waals surface area contributed by atoms with Crippen molar-refractivity contribution >= 4 is 23.7 Å². The topological polar surface area (TPSA) is 79.3 Å². The molecule has 0 unspecified atom stereocenters. The van der Waals surface area contributed by atoms with Crippen molar-refractivity contribution in [3.05, 3.63) is 42.1 Å². The van der Waals surface area contributed by atoms with Gasteiger partial charge in [0.15, 0.2) is 0 Å². The third-order valence-electron chi connectivity index (χ3n) is 4.80. The van der Waals surface area contributed by atoms with Crippen LogP contribution >= 0.6 is 0 Å². The molecule has 1 aromatic heterocycles. The van der Waals surface area contributed by atoms with E-state index in [-0.39, 0.29) is 19.0 Å². The summed E-state index contributed by atoms with van der Waals surface area (Å²) in [7, 11) is 1.89. The van der Waals surface area contributed by atoms with Crippen LogP contribution in [0.3, 0.4) is 0 Å². The van der Waals surface area contributed by atoms with Gasteiger partial charge in [0.2, 0.25) is 5.91 Å². The van der Waals surface area contributed by atoms with Crippen LogP contribution in [-0.4, -0.2) is 60.1 Å². The molecule has 1 heterocycles. The Hall–Kier alpha value is -2.51. The molecule has 2 aliphatic rings. The maximum absolute atomic E-state index is 12.7. The summed E-state index contributed by atoms with van der Waals surface area (Å²) in [4.78, 5) is 25.4. The predicted octanol–water partition coefficient (Wildman–Crippen LogP) is 2.17. The first-order valence-corrected chi connectivity index (χ1v) is 9.95. The third kappa shape index (κ3) is 5.74. The van der Waals surface area contributed by atoms with Crippen LogP contribution in [0.1, 0.15) is 37.3 Å².